The van der Waals surface area contributed by atoms with Crippen molar-refractivity contribution in [1.29, 1.82) is 0 Å². The molecule has 0 aliphatic carbocycles. The zero-order valence-electron chi connectivity index (χ0n) is 18.1. The van der Waals surface area contributed by atoms with Gasteiger partial charge in [-0.2, -0.15) is 5.10 Å². The highest BCUT2D eigenvalue weighted by atomic mass is 32.1. The molecule has 0 fully saturated rings. The molecule has 2 aromatic heterocycles. The number of nitrogens with one attached hydrogen (secondary N) is 1. The highest BCUT2D eigenvalue weighted by molar-refractivity contribution is 7.23. The number of rotatable bonds is 8. The third-order valence-corrected chi connectivity index (χ3v) is 6.20. The molecule has 0 atom stereocenters. The zero-order chi connectivity index (χ0) is 22.5. The highest BCUT2D eigenvalue weighted by Gasteiger charge is 2.19. The van der Waals surface area contributed by atoms with E-state index in [1.165, 1.54) is 7.11 Å². The second kappa shape index (κ2) is 9.65. The summed E-state index contributed by atoms with van der Waals surface area (Å²) in [4.78, 5) is 10.1. The number of anilines is 1. The topological polar surface area (TPSA) is 88.9 Å². The molecule has 0 aliphatic rings. The Morgan fingerprint density at radius 1 is 1.12 bits per heavy atom. The van der Waals surface area contributed by atoms with Crippen molar-refractivity contribution >= 4 is 33.6 Å². The van der Waals surface area contributed by atoms with Crippen molar-refractivity contribution in [1.82, 2.24) is 9.97 Å². The van der Waals surface area contributed by atoms with Gasteiger partial charge in [-0.1, -0.05) is 19.1 Å². The van der Waals surface area contributed by atoms with Gasteiger partial charge in [-0.3, -0.25) is 5.43 Å². The van der Waals surface area contributed by atoms with Crippen LogP contribution in [0.5, 0.6) is 17.2 Å². The summed E-state index contributed by atoms with van der Waals surface area (Å²) in [6, 6.07) is 13.1. The lowest BCUT2D eigenvalue weighted by Gasteiger charge is -2.09. The number of phenolic OH excluding ortho intramolecular Hbond substituents is 1. The monoisotopic (exact) mass is 448 g/mol. The normalized spacial score (nSPS) is 11.2. The van der Waals surface area contributed by atoms with Crippen molar-refractivity contribution in [2.24, 2.45) is 5.10 Å². The number of methoxy groups -OCH3 is 1. The summed E-state index contributed by atoms with van der Waals surface area (Å²) in [6.07, 6.45) is 4.00. The molecule has 7 nitrogen and oxygen atoms in total. The van der Waals surface area contributed by atoms with Crippen LogP contribution in [0.1, 0.15) is 25.0 Å². The van der Waals surface area contributed by atoms with E-state index in [0.717, 1.165) is 44.0 Å². The molecule has 0 saturated carbocycles. The Hall–Kier alpha value is -3.65. The lowest BCUT2D eigenvalue weighted by atomic mass is 10.1. The fourth-order valence-electron chi connectivity index (χ4n) is 3.47. The molecule has 0 aliphatic heterocycles. The summed E-state index contributed by atoms with van der Waals surface area (Å²) >= 11 is 1.62. The Kier molecular flexibility index (Phi) is 6.51. The molecule has 0 bridgehead atoms. The van der Waals surface area contributed by atoms with Gasteiger partial charge >= 0.3 is 0 Å². The molecular weight excluding hydrogens is 424 g/mol. The zero-order valence-corrected chi connectivity index (χ0v) is 18.9. The third-order valence-electron chi connectivity index (χ3n) is 4.94. The largest absolute Gasteiger partial charge is 0.504 e. The van der Waals surface area contributed by atoms with Crippen LogP contribution in [0.15, 0.2) is 53.9 Å². The Bertz CT molecular complexity index is 1270. The summed E-state index contributed by atoms with van der Waals surface area (Å²) < 4.78 is 11.9. The molecule has 0 radical (unpaired) electrons. The van der Waals surface area contributed by atoms with Crippen LogP contribution >= 0.6 is 11.3 Å². The van der Waals surface area contributed by atoms with E-state index in [-0.39, 0.29) is 5.75 Å². The van der Waals surface area contributed by atoms with E-state index in [1.807, 2.05) is 31.2 Å². The van der Waals surface area contributed by atoms with Gasteiger partial charge in [0, 0.05) is 10.4 Å². The first kappa shape index (κ1) is 21.6. The first-order chi connectivity index (χ1) is 15.7. The van der Waals surface area contributed by atoms with Crippen LogP contribution in [-0.2, 0) is 6.42 Å². The molecule has 0 saturated heterocycles. The van der Waals surface area contributed by atoms with Gasteiger partial charge in [0.15, 0.2) is 17.3 Å². The van der Waals surface area contributed by atoms with Gasteiger partial charge in [0.05, 0.1) is 30.1 Å². The SMILES string of the molecule is CCOc1ccccc1-c1sc2c(NN=Cc3ccc(OC)c(O)c3)ncnc2c1CC. The third kappa shape index (κ3) is 4.22. The van der Waals surface area contributed by atoms with E-state index in [9.17, 15) is 5.11 Å². The standard InChI is InChI=1S/C24H24N4O3S/c1-4-16-21-23(32-22(16)17-8-6-7-9-19(17)31-5-2)24(26-14-25-21)28-27-13-15-10-11-20(30-3)18(29)12-15/h6-14,29H,4-5H2,1-3H3,(H,25,26,28). The van der Waals surface area contributed by atoms with Crippen LogP contribution < -0.4 is 14.9 Å². The molecule has 4 rings (SSSR count). The summed E-state index contributed by atoms with van der Waals surface area (Å²) in [7, 11) is 1.51. The molecule has 0 amide bonds. The molecule has 2 N–H and O–H groups in total. The van der Waals surface area contributed by atoms with Gasteiger partial charge in [0.1, 0.15) is 12.1 Å². The number of aryl methyl sites for hydroxylation is 1. The van der Waals surface area contributed by atoms with Gasteiger partial charge in [-0.15, -0.1) is 11.3 Å². The number of hydrogen-bond acceptors (Lipinski definition) is 8. The molecule has 4 aromatic rings. The number of ether oxygens (including phenoxy) is 2. The smallest absolute Gasteiger partial charge is 0.167 e. The van der Waals surface area contributed by atoms with Crippen LogP contribution in [0, 0.1) is 0 Å². The Balaban J connectivity index is 1.69. The lowest BCUT2D eigenvalue weighted by Crippen LogP contribution is -1.95. The minimum atomic E-state index is 0.0596. The number of aromatic nitrogens is 2. The van der Waals surface area contributed by atoms with Gasteiger partial charge in [0.2, 0.25) is 0 Å². The summed E-state index contributed by atoms with van der Waals surface area (Å²) in [6.45, 7) is 4.71. The second-order valence-corrected chi connectivity index (χ2v) is 7.91. The van der Waals surface area contributed by atoms with E-state index in [2.05, 4.69) is 33.5 Å². The molecule has 0 unspecified atom stereocenters. The quantitative estimate of drug-likeness (QED) is 0.274. The Morgan fingerprint density at radius 2 is 1.97 bits per heavy atom. The van der Waals surface area contributed by atoms with Gasteiger partial charge in [0.25, 0.3) is 0 Å². The minimum absolute atomic E-state index is 0.0596. The lowest BCUT2D eigenvalue weighted by molar-refractivity contribution is 0.341. The molecule has 2 heterocycles. The number of phenols is 1. The summed E-state index contributed by atoms with van der Waals surface area (Å²) in [5.41, 5.74) is 6.88. The van der Waals surface area contributed by atoms with Crippen LogP contribution in [0.2, 0.25) is 0 Å². The molecular formula is C24H24N4O3S. The fraction of sp³-hybridized carbons (Fsp3) is 0.208. The average Bonchev–Trinajstić information content (AvgIpc) is 3.19. The number of hydrazone groups is 1. The van der Waals surface area contributed by atoms with Gasteiger partial charge in [-0.05, 0) is 54.8 Å². The molecule has 2 aromatic carbocycles. The maximum Gasteiger partial charge on any atom is 0.167 e. The van der Waals surface area contributed by atoms with Crippen molar-refractivity contribution in [3.05, 3.63) is 59.9 Å². The first-order valence-corrected chi connectivity index (χ1v) is 11.1. The van der Waals surface area contributed by atoms with E-state index in [0.29, 0.717) is 18.2 Å². The van der Waals surface area contributed by atoms with Crippen molar-refractivity contribution in [3.63, 3.8) is 0 Å². The molecule has 32 heavy (non-hydrogen) atoms. The minimum Gasteiger partial charge on any atom is -0.504 e. The van der Waals surface area contributed by atoms with E-state index >= 15 is 0 Å². The number of aromatic hydroxyl groups is 1. The number of fused-ring (bicyclic) bond motifs is 1. The van der Waals surface area contributed by atoms with E-state index in [1.54, 1.807) is 36.0 Å². The van der Waals surface area contributed by atoms with Crippen molar-refractivity contribution in [2.45, 2.75) is 20.3 Å². The Morgan fingerprint density at radius 3 is 2.72 bits per heavy atom. The van der Waals surface area contributed by atoms with Gasteiger partial charge < -0.3 is 14.6 Å². The number of nitrogens with zero attached hydrogens (tertiary/aromatic N) is 3. The maximum atomic E-state index is 9.94. The molecule has 8 heteroatoms. The molecule has 0 spiro atoms. The average molecular weight is 449 g/mol. The number of para-hydroxylation sites is 1. The van der Waals surface area contributed by atoms with E-state index in [4.69, 9.17) is 9.47 Å². The second-order valence-electron chi connectivity index (χ2n) is 6.89. The summed E-state index contributed by atoms with van der Waals surface area (Å²) in [5.74, 6) is 1.96. The van der Waals surface area contributed by atoms with Crippen molar-refractivity contribution in [3.8, 4) is 27.7 Å². The van der Waals surface area contributed by atoms with Crippen LogP contribution in [-0.4, -0.2) is 35.0 Å². The predicted octanol–water partition coefficient (Wildman–Crippen LogP) is 5.48. The van der Waals surface area contributed by atoms with E-state index < -0.39 is 0 Å². The number of benzene rings is 2. The first-order valence-electron chi connectivity index (χ1n) is 10.3. The Labute approximate surface area is 190 Å². The van der Waals surface area contributed by atoms with Crippen molar-refractivity contribution < 1.29 is 14.6 Å². The van der Waals surface area contributed by atoms with Crippen LogP contribution in [0.3, 0.4) is 0 Å². The highest BCUT2D eigenvalue weighted by Crippen LogP contribution is 2.43. The number of thiophene rings is 1. The maximum absolute atomic E-state index is 9.94. The van der Waals surface area contributed by atoms with Crippen molar-refractivity contribution in [2.75, 3.05) is 19.1 Å². The van der Waals surface area contributed by atoms with Crippen LogP contribution in [0.25, 0.3) is 20.7 Å². The predicted molar refractivity (Wildman–Crippen MR) is 129 cm³/mol. The fourth-order valence-corrected chi connectivity index (χ4v) is 4.79. The van der Waals surface area contributed by atoms with Crippen LogP contribution in [0.4, 0.5) is 5.82 Å². The van der Waals surface area contributed by atoms with Gasteiger partial charge in [-0.25, -0.2) is 9.97 Å². The summed E-state index contributed by atoms with van der Waals surface area (Å²) in [5, 5.41) is 14.2. The number of hydrogen-bond donors (Lipinski definition) is 2. The molecule has 164 valence electrons.